The minimum atomic E-state index is 0.121. The Morgan fingerprint density at radius 3 is 2.84 bits per heavy atom. The predicted molar refractivity (Wildman–Crippen MR) is 82.3 cm³/mol. The van der Waals surface area contributed by atoms with Crippen LogP contribution in [0.3, 0.4) is 0 Å². The van der Waals surface area contributed by atoms with Crippen LogP contribution in [0.2, 0.25) is 0 Å². The van der Waals surface area contributed by atoms with Crippen molar-refractivity contribution in [3.63, 3.8) is 0 Å². The Hall–Kier alpha value is -1.46. The minimum Gasteiger partial charge on any atom is -0.352 e. The van der Waals surface area contributed by atoms with Gasteiger partial charge in [-0.2, -0.15) is 0 Å². The number of hydrogen-bond acceptors (Lipinski definition) is 3. The van der Waals surface area contributed by atoms with E-state index in [1.54, 1.807) is 11.3 Å². The standard InChI is InChI=1S/C14H15N3S2/c1-9-6-8-19-13(9)12-11(16-14(18)17(12)2)10-5-3-4-7-15-10/h3-8,11-12H,1-2H3,(H,16,18)/t11-,12-/m1/s1. The molecule has 5 heteroatoms. The van der Waals surface area contributed by atoms with E-state index in [9.17, 15) is 0 Å². The summed E-state index contributed by atoms with van der Waals surface area (Å²) in [5.74, 6) is 0. The van der Waals surface area contributed by atoms with Gasteiger partial charge in [-0.3, -0.25) is 4.98 Å². The first kappa shape index (κ1) is 12.6. The lowest BCUT2D eigenvalue weighted by Crippen LogP contribution is -2.24. The van der Waals surface area contributed by atoms with Crippen LogP contribution in [-0.4, -0.2) is 22.0 Å². The summed E-state index contributed by atoms with van der Waals surface area (Å²) in [6.45, 7) is 2.15. The average molecular weight is 289 g/mol. The summed E-state index contributed by atoms with van der Waals surface area (Å²) < 4.78 is 0. The molecule has 98 valence electrons. The zero-order chi connectivity index (χ0) is 13.4. The van der Waals surface area contributed by atoms with Crippen molar-refractivity contribution < 1.29 is 0 Å². The first-order valence-corrected chi connectivity index (χ1v) is 7.45. The van der Waals surface area contributed by atoms with Gasteiger partial charge in [0.2, 0.25) is 0 Å². The lowest BCUT2D eigenvalue weighted by molar-refractivity contribution is 0.373. The monoisotopic (exact) mass is 289 g/mol. The molecule has 0 aromatic carbocycles. The fourth-order valence-electron chi connectivity index (χ4n) is 2.47. The van der Waals surface area contributed by atoms with Gasteiger partial charge in [0.25, 0.3) is 0 Å². The second-order valence-electron chi connectivity index (χ2n) is 4.71. The van der Waals surface area contributed by atoms with Gasteiger partial charge in [-0.15, -0.1) is 11.3 Å². The lowest BCUT2D eigenvalue weighted by Gasteiger charge is -2.23. The van der Waals surface area contributed by atoms with Crippen molar-refractivity contribution >= 4 is 28.7 Å². The summed E-state index contributed by atoms with van der Waals surface area (Å²) in [4.78, 5) is 7.96. The SMILES string of the molecule is Cc1ccsc1[C@H]1[C@@H](c2ccccn2)NC(=S)N1C. The number of pyridine rings is 1. The van der Waals surface area contributed by atoms with E-state index in [2.05, 4.69) is 39.6 Å². The number of aryl methyl sites for hydroxylation is 1. The second-order valence-corrected chi connectivity index (χ2v) is 6.04. The Balaban J connectivity index is 2.04. The third kappa shape index (κ3) is 2.13. The highest BCUT2D eigenvalue weighted by Gasteiger charge is 2.38. The highest BCUT2D eigenvalue weighted by molar-refractivity contribution is 7.80. The maximum absolute atomic E-state index is 5.40. The highest BCUT2D eigenvalue weighted by Crippen LogP contribution is 2.40. The number of nitrogens with one attached hydrogen (secondary N) is 1. The number of hydrogen-bond donors (Lipinski definition) is 1. The summed E-state index contributed by atoms with van der Waals surface area (Å²) in [6, 6.07) is 8.51. The fraction of sp³-hybridized carbons (Fsp3) is 0.286. The molecule has 1 saturated heterocycles. The fourth-order valence-corrected chi connectivity index (χ4v) is 3.82. The van der Waals surface area contributed by atoms with Gasteiger partial charge < -0.3 is 10.2 Å². The topological polar surface area (TPSA) is 28.2 Å². The molecule has 1 aliphatic heterocycles. The summed E-state index contributed by atoms with van der Waals surface area (Å²) in [6.07, 6.45) is 1.83. The van der Waals surface area contributed by atoms with Crippen LogP contribution in [0.5, 0.6) is 0 Å². The zero-order valence-electron chi connectivity index (χ0n) is 10.8. The summed E-state index contributed by atoms with van der Waals surface area (Å²) in [5, 5.41) is 6.31. The number of aromatic nitrogens is 1. The molecule has 2 aromatic rings. The van der Waals surface area contributed by atoms with Crippen LogP contribution in [0.25, 0.3) is 0 Å². The second kappa shape index (κ2) is 4.90. The number of thiocarbonyl (C=S) groups is 1. The first-order chi connectivity index (χ1) is 9.18. The van der Waals surface area contributed by atoms with Crippen molar-refractivity contribution in [1.29, 1.82) is 0 Å². The average Bonchev–Trinajstić information content (AvgIpc) is 2.96. The van der Waals surface area contributed by atoms with Gasteiger partial charge in [0, 0.05) is 18.1 Å². The molecule has 1 N–H and O–H groups in total. The lowest BCUT2D eigenvalue weighted by atomic mass is 10.0. The third-order valence-electron chi connectivity index (χ3n) is 3.51. The predicted octanol–water partition coefficient (Wildman–Crippen LogP) is 3.05. The summed E-state index contributed by atoms with van der Waals surface area (Å²) in [7, 11) is 2.04. The van der Waals surface area contributed by atoms with Crippen LogP contribution in [0.4, 0.5) is 0 Å². The highest BCUT2D eigenvalue weighted by atomic mass is 32.1. The molecular formula is C14H15N3S2. The van der Waals surface area contributed by atoms with Gasteiger partial charge in [0.05, 0.1) is 17.8 Å². The number of rotatable bonds is 2. The molecule has 1 aliphatic rings. The van der Waals surface area contributed by atoms with Gasteiger partial charge in [-0.05, 0) is 48.3 Å². The Morgan fingerprint density at radius 2 is 2.21 bits per heavy atom. The molecule has 0 bridgehead atoms. The third-order valence-corrected chi connectivity index (χ3v) is 5.00. The van der Waals surface area contributed by atoms with E-state index < -0.39 is 0 Å². The number of likely N-dealkylation sites (N-methyl/N-ethyl adjacent to an activating group) is 1. The molecule has 0 amide bonds. The van der Waals surface area contributed by atoms with Gasteiger partial charge in [0.1, 0.15) is 0 Å². The van der Waals surface area contributed by atoms with Crippen LogP contribution >= 0.6 is 23.6 Å². The Bertz CT molecular complexity index is 594. The van der Waals surface area contributed by atoms with Crippen molar-refractivity contribution in [3.05, 3.63) is 52.0 Å². The van der Waals surface area contributed by atoms with Crippen molar-refractivity contribution in [1.82, 2.24) is 15.2 Å². The van der Waals surface area contributed by atoms with Gasteiger partial charge >= 0.3 is 0 Å². The molecule has 1 fully saturated rings. The van der Waals surface area contributed by atoms with Gasteiger partial charge in [0.15, 0.2) is 5.11 Å². The van der Waals surface area contributed by atoms with Gasteiger partial charge in [-0.25, -0.2) is 0 Å². The molecule has 0 aliphatic carbocycles. The summed E-state index contributed by atoms with van der Waals surface area (Å²) in [5.41, 5.74) is 2.35. The molecule has 19 heavy (non-hydrogen) atoms. The van der Waals surface area contributed by atoms with Crippen LogP contribution in [0.15, 0.2) is 35.8 Å². The molecule has 3 rings (SSSR count). The molecule has 0 spiro atoms. The molecular weight excluding hydrogens is 274 g/mol. The molecule has 0 radical (unpaired) electrons. The molecule has 2 atom stereocenters. The maximum atomic E-state index is 5.40. The Labute approximate surface area is 122 Å². The van der Waals surface area contributed by atoms with Crippen LogP contribution < -0.4 is 5.32 Å². The molecule has 0 unspecified atom stereocenters. The molecule has 0 saturated carbocycles. The number of nitrogens with zero attached hydrogens (tertiary/aromatic N) is 2. The smallest absolute Gasteiger partial charge is 0.169 e. The molecule has 3 heterocycles. The zero-order valence-corrected chi connectivity index (χ0v) is 12.5. The molecule has 2 aromatic heterocycles. The largest absolute Gasteiger partial charge is 0.352 e. The quantitative estimate of drug-likeness (QED) is 0.860. The van der Waals surface area contributed by atoms with E-state index in [0.717, 1.165) is 10.8 Å². The van der Waals surface area contributed by atoms with Crippen LogP contribution in [0.1, 0.15) is 28.2 Å². The summed E-state index contributed by atoms with van der Waals surface area (Å²) >= 11 is 7.19. The van der Waals surface area contributed by atoms with Crippen LogP contribution in [-0.2, 0) is 0 Å². The van der Waals surface area contributed by atoms with E-state index in [-0.39, 0.29) is 12.1 Å². The van der Waals surface area contributed by atoms with Crippen molar-refractivity contribution in [2.45, 2.75) is 19.0 Å². The Morgan fingerprint density at radius 1 is 1.37 bits per heavy atom. The minimum absolute atomic E-state index is 0.121. The number of thiophene rings is 1. The van der Waals surface area contributed by atoms with E-state index in [1.807, 2.05) is 25.4 Å². The van der Waals surface area contributed by atoms with Crippen molar-refractivity contribution in [2.75, 3.05) is 7.05 Å². The van der Waals surface area contributed by atoms with Crippen molar-refractivity contribution in [2.24, 2.45) is 0 Å². The Kier molecular flexibility index (Phi) is 3.24. The van der Waals surface area contributed by atoms with E-state index in [0.29, 0.717) is 0 Å². The molecule has 3 nitrogen and oxygen atoms in total. The van der Waals surface area contributed by atoms with E-state index >= 15 is 0 Å². The van der Waals surface area contributed by atoms with E-state index in [1.165, 1.54) is 10.4 Å². The van der Waals surface area contributed by atoms with Gasteiger partial charge in [-0.1, -0.05) is 6.07 Å². The maximum Gasteiger partial charge on any atom is 0.169 e. The van der Waals surface area contributed by atoms with E-state index in [4.69, 9.17) is 12.2 Å². The first-order valence-electron chi connectivity index (χ1n) is 6.16. The van der Waals surface area contributed by atoms with Crippen LogP contribution in [0, 0.1) is 6.92 Å². The van der Waals surface area contributed by atoms with Crippen molar-refractivity contribution in [3.8, 4) is 0 Å². The normalized spacial score (nSPS) is 22.6.